The van der Waals surface area contributed by atoms with Crippen LogP contribution in [0.15, 0.2) is 54.6 Å². The molecule has 8 heteroatoms. The second-order valence-corrected chi connectivity index (χ2v) is 8.80. The number of hydrogen-bond acceptors (Lipinski definition) is 4. The van der Waals surface area contributed by atoms with Crippen molar-refractivity contribution in [2.45, 2.75) is 56.8 Å². The van der Waals surface area contributed by atoms with Gasteiger partial charge >= 0.3 is 11.9 Å². The molecule has 0 saturated carbocycles. The lowest BCUT2D eigenvalue weighted by Gasteiger charge is -2.24. The zero-order valence-corrected chi connectivity index (χ0v) is 18.9. The topological polar surface area (TPSA) is 120 Å². The number of aliphatic carboxylic acids is 2. The van der Waals surface area contributed by atoms with E-state index in [-0.39, 0.29) is 6.42 Å². The Kier molecular flexibility index (Phi) is 8.13. The van der Waals surface area contributed by atoms with Gasteiger partial charge in [-0.15, -0.1) is 0 Å². The number of aliphatic hydroxyl groups excluding tert-OH is 1. The lowest BCUT2D eigenvalue weighted by molar-refractivity contribution is -0.168. The Morgan fingerprint density at radius 2 is 1.73 bits per heavy atom. The van der Waals surface area contributed by atoms with Crippen molar-refractivity contribution in [3.8, 4) is 11.3 Å². The number of aromatic nitrogens is 1. The number of hydrogen-bond donors (Lipinski definition) is 4. The van der Waals surface area contributed by atoms with Crippen molar-refractivity contribution >= 4 is 34.4 Å². The summed E-state index contributed by atoms with van der Waals surface area (Å²) >= 11 is 6.17. The molecule has 0 fully saturated rings. The predicted octanol–water partition coefficient (Wildman–Crippen LogP) is 4.56. The molecule has 0 spiro atoms. The summed E-state index contributed by atoms with van der Waals surface area (Å²) in [6.07, 6.45) is -0.0548. The zero-order chi connectivity index (χ0) is 24.0. The predicted molar refractivity (Wildman–Crippen MR) is 126 cm³/mol. The quantitative estimate of drug-likeness (QED) is 0.286. The van der Waals surface area contributed by atoms with E-state index in [1.54, 1.807) is 0 Å². The van der Waals surface area contributed by atoms with Gasteiger partial charge in [0.15, 0.2) is 5.60 Å². The van der Waals surface area contributed by atoms with Gasteiger partial charge in [0.25, 0.3) is 0 Å². The first-order valence-corrected chi connectivity index (χ1v) is 11.3. The molecule has 2 atom stereocenters. The van der Waals surface area contributed by atoms with Crippen LogP contribution in [-0.2, 0) is 16.1 Å². The van der Waals surface area contributed by atoms with Gasteiger partial charge in [-0.2, -0.15) is 0 Å². The third-order valence-electron chi connectivity index (χ3n) is 5.77. The molecule has 0 saturated heterocycles. The minimum atomic E-state index is -2.47. The third kappa shape index (κ3) is 6.35. The fourth-order valence-corrected chi connectivity index (χ4v) is 4.32. The summed E-state index contributed by atoms with van der Waals surface area (Å²) in [5.41, 5.74) is 0.805. The van der Waals surface area contributed by atoms with E-state index in [4.69, 9.17) is 21.8 Å². The number of aliphatic hydroxyl groups is 2. The molecule has 2 aromatic carbocycles. The van der Waals surface area contributed by atoms with Gasteiger partial charge in [0.1, 0.15) is 0 Å². The Balaban J connectivity index is 1.60. The molecule has 7 nitrogen and oxygen atoms in total. The summed E-state index contributed by atoms with van der Waals surface area (Å²) in [5.74, 6) is -3.07. The summed E-state index contributed by atoms with van der Waals surface area (Å²) in [6.45, 7) is 0.754. The zero-order valence-electron chi connectivity index (χ0n) is 18.2. The second-order valence-electron chi connectivity index (χ2n) is 8.36. The first-order valence-electron chi connectivity index (χ1n) is 10.9. The van der Waals surface area contributed by atoms with Crippen LogP contribution in [0, 0.1) is 0 Å². The lowest BCUT2D eigenvalue weighted by Crippen LogP contribution is -2.43. The largest absolute Gasteiger partial charge is 0.481 e. The van der Waals surface area contributed by atoms with E-state index < -0.39 is 36.5 Å². The Morgan fingerprint density at radius 3 is 2.39 bits per heavy atom. The van der Waals surface area contributed by atoms with E-state index in [0.717, 1.165) is 41.5 Å². The molecule has 0 radical (unpaired) electrons. The molecule has 1 heterocycles. The van der Waals surface area contributed by atoms with Crippen LogP contribution in [0.1, 0.15) is 38.5 Å². The first-order chi connectivity index (χ1) is 15.7. The molecule has 176 valence electrons. The molecule has 3 aromatic rings. The fraction of sp³-hybridized carbons (Fsp3) is 0.360. The van der Waals surface area contributed by atoms with Crippen molar-refractivity contribution < 1.29 is 30.0 Å². The van der Waals surface area contributed by atoms with Gasteiger partial charge in [-0.1, -0.05) is 54.8 Å². The summed E-state index contributed by atoms with van der Waals surface area (Å²) in [4.78, 5) is 22.1. The maximum Gasteiger partial charge on any atom is 0.336 e. The number of halogens is 1. The van der Waals surface area contributed by atoms with Gasteiger partial charge in [0.05, 0.1) is 12.5 Å². The highest BCUT2D eigenvalue weighted by Crippen LogP contribution is 2.30. The summed E-state index contributed by atoms with van der Waals surface area (Å²) in [5, 5.41) is 39.9. The van der Waals surface area contributed by atoms with E-state index >= 15 is 0 Å². The number of nitrogens with zero attached hydrogens (tertiary/aromatic N) is 1. The molecule has 0 aliphatic rings. The Labute approximate surface area is 196 Å². The van der Waals surface area contributed by atoms with Crippen LogP contribution in [0.5, 0.6) is 0 Å². The Morgan fingerprint density at radius 1 is 1.00 bits per heavy atom. The van der Waals surface area contributed by atoms with E-state index in [1.165, 1.54) is 0 Å². The molecule has 0 amide bonds. The van der Waals surface area contributed by atoms with Crippen molar-refractivity contribution in [2.75, 3.05) is 0 Å². The van der Waals surface area contributed by atoms with E-state index in [0.29, 0.717) is 11.4 Å². The highest BCUT2D eigenvalue weighted by Gasteiger charge is 2.40. The minimum Gasteiger partial charge on any atom is -0.481 e. The smallest absolute Gasteiger partial charge is 0.336 e. The molecule has 3 rings (SSSR count). The van der Waals surface area contributed by atoms with E-state index in [2.05, 4.69) is 22.8 Å². The standard InChI is InChI=1S/C25H28ClNO6/c26-19-10-11-21-18(13-19)14-22(17-7-3-1-4-8-17)27(21)12-6-2-5-9-20(28)15-25(33,24(31)32)16-23(29)30/h1,3-4,7-8,10-11,13-14,20,28,33H,2,5-6,9,12,15-16H2,(H,29,30)(H,31,32)/t20-,25+/m1/s1. The van der Waals surface area contributed by atoms with Gasteiger partial charge in [-0.05, 0) is 42.7 Å². The highest BCUT2D eigenvalue weighted by molar-refractivity contribution is 6.31. The number of carboxylic acids is 2. The number of unbranched alkanes of at least 4 members (excludes halogenated alkanes) is 2. The molecule has 4 N–H and O–H groups in total. The van der Waals surface area contributed by atoms with Crippen molar-refractivity contribution in [2.24, 2.45) is 0 Å². The molecule has 0 unspecified atom stereocenters. The number of rotatable bonds is 12. The first kappa shape index (κ1) is 24.8. The fourth-order valence-electron chi connectivity index (χ4n) is 4.13. The van der Waals surface area contributed by atoms with Gasteiger partial charge in [0, 0.05) is 34.6 Å². The maximum absolute atomic E-state index is 11.2. The van der Waals surface area contributed by atoms with Gasteiger partial charge in [0.2, 0.25) is 0 Å². The molecule has 0 bridgehead atoms. The van der Waals surface area contributed by atoms with Gasteiger partial charge < -0.3 is 25.0 Å². The summed E-state index contributed by atoms with van der Waals surface area (Å²) in [6, 6.07) is 18.0. The van der Waals surface area contributed by atoms with Crippen LogP contribution < -0.4 is 0 Å². The van der Waals surface area contributed by atoms with Crippen LogP contribution in [0.3, 0.4) is 0 Å². The average molecular weight is 474 g/mol. The monoisotopic (exact) mass is 473 g/mol. The highest BCUT2D eigenvalue weighted by atomic mass is 35.5. The SMILES string of the molecule is O=C(O)C[C@@](O)(C[C@H](O)CCCCCn1c(-c2ccccc2)cc2cc(Cl)ccc21)C(=O)O. The van der Waals surface area contributed by atoms with Gasteiger partial charge in [-0.3, -0.25) is 4.79 Å². The van der Waals surface area contributed by atoms with Crippen molar-refractivity contribution in [1.82, 2.24) is 4.57 Å². The summed E-state index contributed by atoms with van der Waals surface area (Å²) in [7, 11) is 0. The van der Waals surface area contributed by atoms with Crippen LogP contribution in [-0.4, -0.2) is 48.6 Å². The van der Waals surface area contributed by atoms with Crippen molar-refractivity contribution in [3.63, 3.8) is 0 Å². The van der Waals surface area contributed by atoms with E-state index in [9.17, 15) is 19.8 Å². The molecular weight excluding hydrogens is 446 g/mol. The molecular formula is C25H28ClNO6. The van der Waals surface area contributed by atoms with Crippen molar-refractivity contribution in [1.29, 1.82) is 0 Å². The number of benzene rings is 2. The number of aryl methyl sites for hydroxylation is 1. The normalized spacial score (nSPS) is 14.2. The second kappa shape index (κ2) is 10.8. The Hall–Kier alpha value is -2.87. The van der Waals surface area contributed by atoms with Crippen LogP contribution in [0.2, 0.25) is 5.02 Å². The van der Waals surface area contributed by atoms with E-state index in [1.807, 2.05) is 36.4 Å². The maximum atomic E-state index is 11.2. The van der Waals surface area contributed by atoms with Crippen molar-refractivity contribution in [3.05, 3.63) is 59.6 Å². The Bertz CT molecular complexity index is 1110. The molecule has 33 heavy (non-hydrogen) atoms. The lowest BCUT2D eigenvalue weighted by atomic mass is 9.90. The third-order valence-corrected chi connectivity index (χ3v) is 6.00. The number of carbonyl (C=O) groups is 2. The van der Waals surface area contributed by atoms with Crippen LogP contribution in [0.4, 0.5) is 0 Å². The number of carboxylic acid groups (broad SMARTS) is 2. The van der Waals surface area contributed by atoms with Crippen LogP contribution >= 0.6 is 11.6 Å². The van der Waals surface area contributed by atoms with Gasteiger partial charge in [-0.25, -0.2) is 4.79 Å². The molecule has 0 aliphatic carbocycles. The number of fused-ring (bicyclic) bond motifs is 1. The average Bonchev–Trinajstić information content (AvgIpc) is 3.11. The van der Waals surface area contributed by atoms with Crippen LogP contribution in [0.25, 0.3) is 22.2 Å². The molecule has 0 aliphatic heterocycles. The molecule has 1 aromatic heterocycles. The minimum absolute atomic E-state index is 0.281. The summed E-state index contributed by atoms with van der Waals surface area (Å²) < 4.78 is 2.24.